The predicted octanol–water partition coefficient (Wildman–Crippen LogP) is 1.78. The van der Waals surface area contributed by atoms with Crippen LogP contribution in [0.25, 0.3) is 0 Å². The summed E-state index contributed by atoms with van der Waals surface area (Å²) in [6, 6.07) is 5.27. The Kier molecular flexibility index (Phi) is 3.48. The van der Waals surface area contributed by atoms with Gasteiger partial charge in [0.15, 0.2) is 4.77 Å². The molecule has 0 radical (unpaired) electrons. The lowest BCUT2D eigenvalue weighted by atomic mass is 10.2. The maximum atomic E-state index is 11.6. The van der Waals surface area contributed by atoms with Gasteiger partial charge in [0.25, 0.3) is 5.56 Å². The van der Waals surface area contributed by atoms with Gasteiger partial charge in [0.1, 0.15) is 5.56 Å². The number of aromatic amines is 2. The van der Waals surface area contributed by atoms with Crippen LogP contribution in [0, 0.1) is 11.7 Å². The van der Waals surface area contributed by atoms with Crippen LogP contribution in [0.2, 0.25) is 0 Å². The first-order valence-corrected chi connectivity index (χ1v) is 5.84. The van der Waals surface area contributed by atoms with Crippen molar-refractivity contribution in [1.29, 1.82) is 0 Å². The van der Waals surface area contributed by atoms with Crippen molar-refractivity contribution < 1.29 is 5.11 Å². The van der Waals surface area contributed by atoms with Crippen LogP contribution in [-0.2, 0) is 0 Å². The number of H-pyrrole nitrogens is 2. The molecule has 0 saturated carbocycles. The number of rotatable bonds is 2. The number of aryl methyl sites for hydroxylation is 1. The van der Waals surface area contributed by atoms with Crippen LogP contribution in [0.5, 0.6) is 5.88 Å². The maximum absolute atomic E-state index is 11.6. The van der Waals surface area contributed by atoms with E-state index in [0.717, 1.165) is 5.56 Å². The molecule has 0 spiro atoms. The van der Waals surface area contributed by atoms with Crippen molar-refractivity contribution in [1.82, 2.24) is 9.97 Å². The Morgan fingerprint density at radius 3 is 2.79 bits per heavy atom. The van der Waals surface area contributed by atoms with Gasteiger partial charge in [-0.3, -0.25) is 14.8 Å². The summed E-state index contributed by atoms with van der Waals surface area (Å²) in [4.78, 5) is 20.5. The fourth-order valence-corrected chi connectivity index (χ4v) is 1.64. The third-order valence-electron chi connectivity index (χ3n) is 2.56. The zero-order valence-corrected chi connectivity index (χ0v) is 10.9. The number of hydrogen-bond donors (Lipinski definition) is 4. The van der Waals surface area contributed by atoms with Gasteiger partial charge in [-0.1, -0.05) is 6.07 Å². The average Bonchev–Trinajstić information content (AvgIpc) is 2.32. The molecule has 1 aromatic heterocycles. The van der Waals surface area contributed by atoms with E-state index in [-0.39, 0.29) is 16.2 Å². The fraction of sp³-hybridized carbons (Fsp3) is 0.0833. The summed E-state index contributed by atoms with van der Waals surface area (Å²) in [6.07, 6.45) is 1.25. The Morgan fingerprint density at radius 1 is 1.42 bits per heavy atom. The maximum Gasteiger partial charge on any atom is 0.264 e. The molecule has 2 rings (SSSR count). The number of aromatic hydroxyl groups is 1. The lowest BCUT2D eigenvalue weighted by Crippen LogP contribution is -2.13. The van der Waals surface area contributed by atoms with Crippen molar-refractivity contribution in [2.24, 2.45) is 4.99 Å². The summed E-state index contributed by atoms with van der Waals surface area (Å²) >= 11 is 4.72. The van der Waals surface area contributed by atoms with E-state index >= 15 is 0 Å². The fourth-order valence-electron chi connectivity index (χ4n) is 1.45. The Bertz CT molecular complexity index is 761. The molecule has 0 aliphatic carbocycles. The van der Waals surface area contributed by atoms with Crippen LogP contribution >= 0.6 is 12.2 Å². The summed E-state index contributed by atoms with van der Waals surface area (Å²) in [7, 11) is 0. The molecular weight excluding hydrogens is 264 g/mol. The van der Waals surface area contributed by atoms with E-state index in [9.17, 15) is 9.90 Å². The number of anilines is 1. The zero-order chi connectivity index (χ0) is 14.0. The smallest absolute Gasteiger partial charge is 0.264 e. The summed E-state index contributed by atoms with van der Waals surface area (Å²) in [5.74, 6) is -0.322. The van der Waals surface area contributed by atoms with Crippen LogP contribution < -0.4 is 11.3 Å². The molecule has 0 bridgehead atoms. The van der Waals surface area contributed by atoms with Gasteiger partial charge in [0.2, 0.25) is 5.88 Å². The molecule has 0 fully saturated rings. The van der Waals surface area contributed by atoms with E-state index in [4.69, 9.17) is 18.0 Å². The first-order chi connectivity index (χ1) is 8.97. The topological polar surface area (TPSA) is 107 Å². The van der Waals surface area contributed by atoms with Crippen molar-refractivity contribution in [2.45, 2.75) is 6.92 Å². The minimum atomic E-state index is -0.509. The molecule has 7 heteroatoms. The average molecular weight is 276 g/mol. The second-order valence-corrected chi connectivity index (χ2v) is 4.38. The molecule has 98 valence electrons. The van der Waals surface area contributed by atoms with Crippen LogP contribution in [0.4, 0.5) is 11.4 Å². The second-order valence-electron chi connectivity index (χ2n) is 3.97. The van der Waals surface area contributed by atoms with Gasteiger partial charge in [0, 0.05) is 11.9 Å². The monoisotopic (exact) mass is 276 g/mol. The molecule has 0 amide bonds. The van der Waals surface area contributed by atoms with Crippen molar-refractivity contribution >= 4 is 29.8 Å². The summed E-state index contributed by atoms with van der Waals surface area (Å²) in [5.41, 5.74) is 7.40. The predicted molar refractivity (Wildman–Crippen MR) is 76.8 cm³/mol. The van der Waals surface area contributed by atoms with Gasteiger partial charge < -0.3 is 15.8 Å². The third-order valence-corrected chi connectivity index (χ3v) is 2.77. The lowest BCUT2D eigenvalue weighted by Gasteiger charge is -2.01. The first kappa shape index (κ1) is 13.0. The molecule has 0 saturated heterocycles. The first-order valence-electron chi connectivity index (χ1n) is 5.43. The van der Waals surface area contributed by atoms with E-state index in [2.05, 4.69) is 15.0 Å². The van der Waals surface area contributed by atoms with Crippen LogP contribution in [0.15, 0.2) is 28.0 Å². The number of aromatic nitrogens is 2. The molecule has 0 atom stereocenters. The molecule has 2 aromatic rings. The minimum absolute atomic E-state index is 0.00717. The Morgan fingerprint density at radius 2 is 2.16 bits per heavy atom. The molecule has 5 N–H and O–H groups in total. The Labute approximate surface area is 113 Å². The van der Waals surface area contributed by atoms with Gasteiger partial charge in [-0.15, -0.1) is 0 Å². The van der Waals surface area contributed by atoms with Crippen molar-refractivity contribution in [3.05, 3.63) is 44.5 Å². The van der Waals surface area contributed by atoms with Gasteiger partial charge in [-0.2, -0.15) is 0 Å². The normalized spacial score (nSPS) is 11.0. The van der Waals surface area contributed by atoms with E-state index < -0.39 is 5.56 Å². The van der Waals surface area contributed by atoms with Crippen LogP contribution in [-0.4, -0.2) is 21.3 Å². The Balaban J connectivity index is 2.40. The largest absolute Gasteiger partial charge is 0.494 e. The number of aliphatic imine (C=N–C) groups is 1. The molecule has 0 aliphatic heterocycles. The van der Waals surface area contributed by atoms with Gasteiger partial charge in [-0.05, 0) is 36.8 Å². The van der Waals surface area contributed by atoms with Crippen molar-refractivity contribution in [3.63, 3.8) is 0 Å². The summed E-state index contributed by atoms with van der Waals surface area (Å²) in [5, 5.41) is 9.59. The molecule has 19 heavy (non-hydrogen) atoms. The van der Waals surface area contributed by atoms with Gasteiger partial charge >= 0.3 is 0 Å². The number of hydrogen-bond acceptors (Lipinski definition) is 5. The number of benzene rings is 1. The number of nitrogens with one attached hydrogen (secondary N) is 2. The lowest BCUT2D eigenvalue weighted by molar-refractivity contribution is 0.449. The summed E-state index contributed by atoms with van der Waals surface area (Å²) < 4.78 is 0.0548. The molecule has 0 aliphatic rings. The number of nitrogen functional groups attached to an aromatic ring is 1. The van der Waals surface area contributed by atoms with E-state index in [0.29, 0.717) is 11.4 Å². The van der Waals surface area contributed by atoms with Crippen molar-refractivity contribution in [2.75, 3.05) is 5.73 Å². The van der Waals surface area contributed by atoms with Crippen molar-refractivity contribution in [3.8, 4) is 5.88 Å². The molecule has 1 heterocycles. The Hall–Kier alpha value is -2.41. The number of nitrogens with two attached hydrogens (primary N) is 1. The highest BCUT2D eigenvalue weighted by molar-refractivity contribution is 7.71. The second kappa shape index (κ2) is 5.07. The third kappa shape index (κ3) is 2.89. The SMILES string of the molecule is Cc1ccc(N=Cc2c(O)[nH]c(=S)[nH]c2=O)cc1N. The molecule has 0 unspecified atom stereocenters. The number of nitrogens with zero attached hydrogens (tertiary/aromatic N) is 1. The zero-order valence-electron chi connectivity index (χ0n) is 10.1. The highest BCUT2D eigenvalue weighted by Gasteiger charge is 2.04. The highest BCUT2D eigenvalue weighted by Crippen LogP contribution is 2.19. The van der Waals surface area contributed by atoms with E-state index in [1.807, 2.05) is 13.0 Å². The van der Waals surface area contributed by atoms with Gasteiger partial charge in [0.05, 0.1) is 5.69 Å². The standard InChI is InChI=1S/C12H12N4O2S/c1-6-2-3-7(4-9(6)13)14-5-8-10(17)15-12(19)16-11(8)18/h2-5H,13H2,1H3,(H3,15,16,17,18,19). The molecule has 1 aromatic carbocycles. The van der Waals surface area contributed by atoms with Gasteiger partial charge in [-0.25, -0.2) is 0 Å². The van der Waals surface area contributed by atoms with E-state index in [1.54, 1.807) is 12.1 Å². The molecule has 6 nitrogen and oxygen atoms in total. The minimum Gasteiger partial charge on any atom is -0.494 e. The highest BCUT2D eigenvalue weighted by atomic mass is 32.1. The van der Waals surface area contributed by atoms with Crippen LogP contribution in [0.1, 0.15) is 11.1 Å². The van der Waals surface area contributed by atoms with E-state index in [1.165, 1.54) is 6.21 Å². The summed E-state index contributed by atoms with van der Waals surface area (Å²) in [6.45, 7) is 1.89. The quantitative estimate of drug-likeness (QED) is 0.381. The molecular formula is C12H12N4O2S. The van der Waals surface area contributed by atoms with Crippen LogP contribution in [0.3, 0.4) is 0 Å².